The Morgan fingerprint density at radius 3 is 2.17 bits per heavy atom. The first-order valence-corrected chi connectivity index (χ1v) is 7.04. The molecule has 1 aromatic carbocycles. The summed E-state index contributed by atoms with van der Waals surface area (Å²) < 4.78 is 16.5. The number of halogens is 1. The largest absolute Gasteiger partial charge is 0.454 e. The number of ether oxygens (including phenoxy) is 1. The Hall–Kier alpha value is -1.05. The maximum Gasteiger partial charge on any atom is 0.304 e. The first-order chi connectivity index (χ1) is 8.86. The maximum atomic E-state index is 11.8. The second kappa shape index (κ2) is 9.93. The third kappa shape index (κ3) is 6.63. The summed E-state index contributed by atoms with van der Waals surface area (Å²) in [6.45, 7) is 2.46. The molecule has 101 valence electrons. The van der Waals surface area contributed by atoms with E-state index in [1.54, 1.807) is 0 Å². The molecule has 18 heavy (non-hydrogen) atoms. The highest BCUT2D eigenvalue weighted by molar-refractivity contribution is 5.27. The molecule has 2 heteroatoms. The van der Waals surface area contributed by atoms with E-state index in [0.717, 1.165) is 6.42 Å². The maximum absolute atomic E-state index is 11.8. The van der Waals surface area contributed by atoms with Gasteiger partial charge in [0.15, 0.2) is 0 Å². The fourth-order valence-electron chi connectivity index (χ4n) is 2.07. The molecule has 0 spiro atoms. The fourth-order valence-corrected chi connectivity index (χ4v) is 2.07. The van der Waals surface area contributed by atoms with Crippen LogP contribution in [0.5, 0.6) is 5.75 Å². The SMILES string of the molecule is CCCCCCCCCc1ccc(O[CH]F)cc1. The van der Waals surface area contributed by atoms with Crippen LogP contribution in [-0.4, -0.2) is 0 Å². The van der Waals surface area contributed by atoms with Crippen molar-refractivity contribution in [3.05, 3.63) is 36.7 Å². The normalized spacial score (nSPS) is 10.6. The van der Waals surface area contributed by atoms with Gasteiger partial charge < -0.3 is 4.74 Å². The van der Waals surface area contributed by atoms with E-state index in [-0.39, 0.29) is 6.86 Å². The third-order valence-electron chi connectivity index (χ3n) is 3.17. The van der Waals surface area contributed by atoms with Crippen LogP contribution < -0.4 is 4.74 Å². The summed E-state index contributed by atoms with van der Waals surface area (Å²) >= 11 is 0. The lowest BCUT2D eigenvalue weighted by molar-refractivity contribution is 0.286. The minimum absolute atomic E-state index is 0.214. The van der Waals surface area contributed by atoms with Gasteiger partial charge >= 0.3 is 6.86 Å². The molecule has 0 amide bonds. The van der Waals surface area contributed by atoms with Crippen molar-refractivity contribution in [2.75, 3.05) is 0 Å². The van der Waals surface area contributed by atoms with Crippen molar-refractivity contribution in [3.63, 3.8) is 0 Å². The lowest BCUT2D eigenvalue weighted by Gasteiger charge is -2.04. The first kappa shape index (κ1) is 15.0. The monoisotopic (exact) mass is 251 g/mol. The Kier molecular flexibility index (Phi) is 8.28. The molecule has 0 saturated carbocycles. The molecule has 0 aromatic heterocycles. The van der Waals surface area contributed by atoms with Crippen molar-refractivity contribution in [2.24, 2.45) is 0 Å². The van der Waals surface area contributed by atoms with Gasteiger partial charge in [0.1, 0.15) is 5.75 Å². The lowest BCUT2D eigenvalue weighted by atomic mass is 10.0. The van der Waals surface area contributed by atoms with Gasteiger partial charge in [-0.3, -0.25) is 0 Å². The third-order valence-corrected chi connectivity index (χ3v) is 3.17. The van der Waals surface area contributed by atoms with Crippen molar-refractivity contribution in [1.29, 1.82) is 0 Å². The van der Waals surface area contributed by atoms with E-state index >= 15 is 0 Å². The van der Waals surface area contributed by atoms with Crippen molar-refractivity contribution in [1.82, 2.24) is 0 Å². The number of unbranched alkanes of at least 4 members (excludes halogenated alkanes) is 6. The van der Waals surface area contributed by atoms with E-state index in [1.165, 1.54) is 50.5 Å². The zero-order chi connectivity index (χ0) is 13.1. The van der Waals surface area contributed by atoms with E-state index in [4.69, 9.17) is 0 Å². The molecule has 1 rings (SSSR count). The molecular weight excluding hydrogens is 227 g/mol. The average Bonchev–Trinajstić information content (AvgIpc) is 2.40. The van der Waals surface area contributed by atoms with Gasteiger partial charge in [0.05, 0.1) is 0 Å². The molecule has 1 radical (unpaired) electrons. The Labute approximate surface area is 110 Å². The molecule has 0 saturated heterocycles. The Balaban J connectivity index is 2.08. The van der Waals surface area contributed by atoms with Gasteiger partial charge in [-0.05, 0) is 30.5 Å². The van der Waals surface area contributed by atoms with Gasteiger partial charge in [0.2, 0.25) is 0 Å². The van der Waals surface area contributed by atoms with E-state index in [2.05, 4.69) is 11.7 Å². The van der Waals surface area contributed by atoms with E-state index < -0.39 is 0 Å². The topological polar surface area (TPSA) is 9.23 Å². The molecule has 0 aliphatic carbocycles. The number of hydrogen-bond donors (Lipinski definition) is 0. The second-order valence-corrected chi connectivity index (χ2v) is 4.72. The predicted molar refractivity (Wildman–Crippen MR) is 74.2 cm³/mol. The standard InChI is InChI=1S/C16H24FO/c1-2-3-4-5-6-7-8-9-15-10-12-16(13-11-15)18-14-17/h10-14H,2-9H2,1H3. The van der Waals surface area contributed by atoms with Gasteiger partial charge in [-0.25, -0.2) is 0 Å². The van der Waals surface area contributed by atoms with Crippen molar-refractivity contribution in [2.45, 2.75) is 58.3 Å². The smallest absolute Gasteiger partial charge is 0.304 e. The molecule has 0 heterocycles. The number of aryl methyl sites for hydroxylation is 1. The van der Waals surface area contributed by atoms with Crippen LogP contribution in [0.15, 0.2) is 24.3 Å². The van der Waals surface area contributed by atoms with Crippen molar-refractivity contribution >= 4 is 0 Å². The highest BCUT2D eigenvalue weighted by Gasteiger charge is 1.96. The van der Waals surface area contributed by atoms with Gasteiger partial charge in [0, 0.05) is 0 Å². The summed E-state index contributed by atoms with van der Waals surface area (Å²) in [5.41, 5.74) is 1.30. The zero-order valence-electron chi connectivity index (χ0n) is 11.3. The molecule has 0 N–H and O–H groups in total. The predicted octanol–water partition coefficient (Wildman–Crippen LogP) is 5.45. The summed E-state index contributed by atoms with van der Waals surface area (Å²) in [4.78, 5) is 0. The fraction of sp³-hybridized carbons (Fsp3) is 0.562. The van der Waals surface area contributed by atoms with Crippen molar-refractivity contribution in [3.8, 4) is 5.75 Å². The van der Waals surface area contributed by atoms with Crippen LogP contribution in [-0.2, 0) is 6.42 Å². The zero-order valence-corrected chi connectivity index (χ0v) is 11.3. The summed E-state index contributed by atoms with van der Waals surface area (Å²) in [5, 5.41) is 0. The van der Waals surface area contributed by atoms with Crippen LogP contribution in [0.4, 0.5) is 4.39 Å². The van der Waals surface area contributed by atoms with Gasteiger partial charge in [0.25, 0.3) is 0 Å². The highest BCUT2D eigenvalue weighted by atomic mass is 19.1. The molecule has 0 fully saturated rings. The first-order valence-electron chi connectivity index (χ1n) is 7.04. The molecule has 1 aromatic rings. The average molecular weight is 251 g/mol. The van der Waals surface area contributed by atoms with Crippen molar-refractivity contribution < 1.29 is 9.13 Å². The number of benzene rings is 1. The molecule has 1 nitrogen and oxygen atoms in total. The second-order valence-electron chi connectivity index (χ2n) is 4.72. The van der Waals surface area contributed by atoms with Crippen LogP contribution in [0, 0.1) is 6.86 Å². The minimum Gasteiger partial charge on any atom is -0.454 e. The van der Waals surface area contributed by atoms with Crippen LogP contribution >= 0.6 is 0 Å². The molecule has 0 aliphatic rings. The summed E-state index contributed by atoms with van der Waals surface area (Å²) in [7, 11) is 0. The lowest BCUT2D eigenvalue weighted by Crippen LogP contribution is -1.88. The summed E-state index contributed by atoms with van der Waals surface area (Å²) in [6.07, 6.45) is 10.4. The number of hydrogen-bond acceptors (Lipinski definition) is 1. The summed E-state index contributed by atoms with van der Waals surface area (Å²) in [5.74, 6) is 0.556. The number of rotatable bonds is 10. The molecule has 0 aliphatic heterocycles. The van der Waals surface area contributed by atoms with Gasteiger partial charge in [-0.15, -0.1) is 0 Å². The highest BCUT2D eigenvalue weighted by Crippen LogP contribution is 2.15. The van der Waals surface area contributed by atoms with Gasteiger partial charge in [-0.2, -0.15) is 4.39 Å². The Bertz CT molecular complexity index is 294. The van der Waals surface area contributed by atoms with Crippen LogP contribution in [0.1, 0.15) is 57.4 Å². The molecule has 0 atom stereocenters. The van der Waals surface area contributed by atoms with Crippen LogP contribution in [0.25, 0.3) is 0 Å². The van der Waals surface area contributed by atoms with E-state index in [0.29, 0.717) is 5.75 Å². The van der Waals surface area contributed by atoms with Gasteiger partial charge in [-0.1, -0.05) is 57.6 Å². The molecule has 0 unspecified atom stereocenters. The quantitative estimate of drug-likeness (QED) is 0.503. The molecular formula is C16H24FO. The van der Waals surface area contributed by atoms with E-state index in [1.807, 2.05) is 24.3 Å². The van der Waals surface area contributed by atoms with Crippen LogP contribution in [0.2, 0.25) is 0 Å². The molecule has 0 bridgehead atoms. The van der Waals surface area contributed by atoms with E-state index in [9.17, 15) is 4.39 Å². The Morgan fingerprint density at radius 1 is 0.944 bits per heavy atom. The minimum atomic E-state index is 0.214. The summed E-state index contributed by atoms with van der Waals surface area (Å²) in [6, 6.07) is 7.64. The Morgan fingerprint density at radius 2 is 1.56 bits per heavy atom. The van der Waals surface area contributed by atoms with Crippen LogP contribution in [0.3, 0.4) is 0 Å².